The SMILES string of the molecule is CCCCCN1CCN(C(=O)Cc2c(C)noc2C)CC1. The minimum absolute atomic E-state index is 0.192. The Kier molecular flexibility index (Phi) is 5.79. The molecule has 5 heteroatoms. The van der Waals surface area contributed by atoms with Crippen molar-refractivity contribution in [3.05, 3.63) is 17.0 Å². The van der Waals surface area contributed by atoms with E-state index in [0.29, 0.717) is 6.42 Å². The summed E-state index contributed by atoms with van der Waals surface area (Å²) in [4.78, 5) is 16.8. The second kappa shape index (κ2) is 7.59. The van der Waals surface area contributed by atoms with Gasteiger partial charge in [-0.15, -0.1) is 0 Å². The Hall–Kier alpha value is -1.36. The maximum absolute atomic E-state index is 12.4. The van der Waals surface area contributed by atoms with Crippen LogP contribution in [0.25, 0.3) is 0 Å². The van der Waals surface area contributed by atoms with Crippen molar-refractivity contribution in [2.75, 3.05) is 32.7 Å². The lowest BCUT2D eigenvalue weighted by Gasteiger charge is -2.34. The van der Waals surface area contributed by atoms with Crippen LogP contribution in [0.3, 0.4) is 0 Å². The van der Waals surface area contributed by atoms with Crippen molar-refractivity contribution in [1.82, 2.24) is 15.0 Å². The van der Waals surface area contributed by atoms with Crippen molar-refractivity contribution in [3.63, 3.8) is 0 Å². The molecule has 1 aliphatic heterocycles. The van der Waals surface area contributed by atoms with Gasteiger partial charge in [-0.2, -0.15) is 0 Å². The van der Waals surface area contributed by atoms with Crippen molar-refractivity contribution in [2.45, 2.75) is 46.5 Å². The molecule has 2 rings (SSSR count). The van der Waals surface area contributed by atoms with Gasteiger partial charge in [-0.1, -0.05) is 24.9 Å². The normalized spacial score (nSPS) is 16.4. The summed E-state index contributed by atoms with van der Waals surface area (Å²) in [5.74, 6) is 0.955. The largest absolute Gasteiger partial charge is 0.361 e. The Bertz CT molecular complexity index is 443. The first-order chi connectivity index (χ1) is 10.1. The molecule has 21 heavy (non-hydrogen) atoms. The number of amides is 1. The highest BCUT2D eigenvalue weighted by Gasteiger charge is 2.22. The topological polar surface area (TPSA) is 49.6 Å². The van der Waals surface area contributed by atoms with E-state index in [1.165, 1.54) is 25.8 Å². The number of aryl methyl sites for hydroxylation is 2. The van der Waals surface area contributed by atoms with Crippen molar-refractivity contribution in [2.24, 2.45) is 0 Å². The third-order valence-electron chi connectivity index (χ3n) is 4.31. The van der Waals surface area contributed by atoms with Crippen molar-refractivity contribution in [1.29, 1.82) is 0 Å². The van der Waals surface area contributed by atoms with Crippen LogP contribution in [0.4, 0.5) is 0 Å². The summed E-state index contributed by atoms with van der Waals surface area (Å²) in [6.45, 7) is 10.8. The predicted molar refractivity (Wildman–Crippen MR) is 82.2 cm³/mol. The fraction of sp³-hybridized carbons (Fsp3) is 0.750. The molecule has 1 aromatic rings. The molecule has 0 bridgehead atoms. The molecule has 1 fully saturated rings. The highest BCUT2D eigenvalue weighted by atomic mass is 16.5. The fourth-order valence-corrected chi connectivity index (χ4v) is 2.82. The van der Waals surface area contributed by atoms with Crippen LogP contribution < -0.4 is 0 Å². The molecule has 0 radical (unpaired) electrons. The lowest BCUT2D eigenvalue weighted by molar-refractivity contribution is -0.132. The summed E-state index contributed by atoms with van der Waals surface area (Å²) in [5.41, 5.74) is 1.78. The minimum Gasteiger partial charge on any atom is -0.361 e. The minimum atomic E-state index is 0.192. The van der Waals surface area contributed by atoms with E-state index in [-0.39, 0.29) is 5.91 Å². The molecule has 0 aliphatic carbocycles. The molecule has 1 aromatic heterocycles. The number of nitrogens with zero attached hydrogens (tertiary/aromatic N) is 3. The van der Waals surface area contributed by atoms with E-state index in [4.69, 9.17) is 4.52 Å². The zero-order valence-corrected chi connectivity index (χ0v) is 13.5. The van der Waals surface area contributed by atoms with Crippen molar-refractivity contribution < 1.29 is 9.32 Å². The summed E-state index contributed by atoms with van der Waals surface area (Å²) in [6, 6.07) is 0. The molecule has 1 amide bonds. The van der Waals surface area contributed by atoms with Gasteiger partial charge < -0.3 is 9.42 Å². The molecule has 0 unspecified atom stereocenters. The standard InChI is InChI=1S/C16H27N3O2/c1-4-5-6-7-18-8-10-19(11-9-18)16(20)12-15-13(2)17-21-14(15)3/h4-12H2,1-3H3. The maximum atomic E-state index is 12.4. The van der Waals surface area contributed by atoms with E-state index in [0.717, 1.165) is 43.2 Å². The summed E-state index contributed by atoms with van der Waals surface area (Å²) in [7, 11) is 0. The van der Waals surface area contributed by atoms with Crippen molar-refractivity contribution >= 4 is 5.91 Å². The number of carbonyl (C=O) groups is 1. The highest BCUT2D eigenvalue weighted by Crippen LogP contribution is 2.15. The van der Waals surface area contributed by atoms with Crippen LogP contribution in [0.2, 0.25) is 0 Å². The van der Waals surface area contributed by atoms with E-state index >= 15 is 0 Å². The zero-order valence-electron chi connectivity index (χ0n) is 13.5. The van der Waals surface area contributed by atoms with Gasteiger partial charge in [-0.25, -0.2) is 0 Å². The molecule has 1 aliphatic rings. The van der Waals surface area contributed by atoms with Gasteiger partial charge in [0, 0.05) is 31.7 Å². The Morgan fingerprint density at radius 1 is 1.19 bits per heavy atom. The first kappa shape index (κ1) is 16.0. The van der Waals surface area contributed by atoms with E-state index in [1.807, 2.05) is 18.7 Å². The molecular formula is C16H27N3O2. The van der Waals surface area contributed by atoms with Crippen LogP contribution >= 0.6 is 0 Å². The summed E-state index contributed by atoms with van der Waals surface area (Å²) in [5, 5.41) is 3.91. The third kappa shape index (κ3) is 4.30. The van der Waals surface area contributed by atoms with Crippen LogP contribution in [-0.2, 0) is 11.2 Å². The molecule has 0 N–H and O–H groups in total. The number of hydrogen-bond donors (Lipinski definition) is 0. The quantitative estimate of drug-likeness (QED) is 0.754. The van der Waals surface area contributed by atoms with Gasteiger partial charge >= 0.3 is 0 Å². The maximum Gasteiger partial charge on any atom is 0.227 e. The molecule has 118 valence electrons. The van der Waals surface area contributed by atoms with Crippen molar-refractivity contribution in [3.8, 4) is 0 Å². The number of piperazine rings is 1. The lowest BCUT2D eigenvalue weighted by atomic mass is 10.1. The molecule has 1 saturated heterocycles. The average Bonchev–Trinajstić information content (AvgIpc) is 2.80. The molecule has 2 heterocycles. The first-order valence-corrected chi connectivity index (χ1v) is 8.03. The van der Waals surface area contributed by atoms with E-state index in [1.54, 1.807) is 0 Å². The fourth-order valence-electron chi connectivity index (χ4n) is 2.82. The Labute approximate surface area is 127 Å². The Morgan fingerprint density at radius 3 is 2.48 bits per heavy atom. The highest BCUT2D eigenvalue weighted by molar-refractivity contribution is 5.79. The average molecular weight is 293 g/mol. The number of carbonyl (C=O) groups excluding carboxylic acids is 1. The molecule has 0 spiro atoms. The molecule has 0 aromatic carbocycles. The summed E-state index contributed by atoms with van der Waals surface area (Å²) in [6.07, 6.45) is 4.24. The van der Waals surface area contributed by atoms with Gasteiger partial charge in [0.15, 0.2) is 0 Å². The Balaban J connectivity index is 1.78. The molecule has 5 nitrogen and oxygen atoms in total. The van der Waals surface area contributed by atoms with E-state index in [9.17, 15) is 4.79 Å². The van der Waals surface area contributed by atoms with E-state index < -0.39 is 0 Å². The van der Waals surface area contributed by atoms with Gasteiger partial charge in [0.05, 0.1) is 12.1 Å². The number of rotatable bonds is 6. The number of aromatic nitrogens is 1. The van der Waals surface area contributed by atoms with Crippen LogP contribution in [0.15, 0.2) is 4.52 Å². The van der Waals surface area contributed by atoms with Crippen LogP contribution in [0, 0.1) is 13.8 Å². The molecule has 0 saturated carbocycles. The second-order valence-corrected chi connectivity index (χ2v) is 5.91. The predicted octanol–water partition coefficient (Wildman–Crippen LogP) is 2.17. The smallest absolute Gasteiger partial charge is 0.227 e. The Morgan fingerprint density at radius 2 is 1.90 bits per heavy atom. The van der Waals surface area contributed by atoms with Gasteiger partial charge in [-0.3, -0.25) is 9.69 Å². The van der Waals surface area contributed by atoms with Crippen LogP contribution in [-0.4, -0.2) is 53.6 Å². The van der Waals surface area contributed by atoms with Crippen LogP contribution in [0.1, 0.15) is 43.2 Å². The zero-order chi connectivity index (χ0) is 15.2. The monoisotopic (exact) mass is 293 g/mol. The van der Waals surface area contributed by atoms with E-state index in [2.05, 4.69) is 17.0 Å². The third-order valence-corrected chi connectivity index (χ3v) is 4.31. The van der Waals surface area contributed by atoms with Gasteiger partial charge in [0.1, 0.15) is 5.76 Å². The van der Waals surface area contributed by atoms with Gasteiger partial charge in [0.25, 0.3) is 0 Å². The van der Waals surface area contributed by atoms with Gasteiger partial charge in [0.2, 0.25) is 5.91 Å². The summed E-state index contributed by atoms with van der Waals surface area (Å²) < 4.78 is 5.13. The number of hydrogen-bond acceptors (Lipinski definition) is 4. The van der Waals surface area contributed by atoms with Crippen LogP contribution in [0.5, 0.6) is 0 Å². The van der Waals surface area contributed by atoms with Gasteiger partial charge in [-0.05, 0) is 26.8 Å². The summed E-state index contributed by atoms with van der Waals surface area (Å²) >= 11 is 0. The number of unbranched alkanes of at least 4 members (excludes halogenated alkanes) is 2. The molecule has 0 atom stereocenters. The lowest BCUT2D eigenvalue weighted by Crippen LogP contribution is -2.49. The first-order valence-electron chi connectivity index (χ1n) is 8.03. The molecular weight excluding hydrogens is 266 g/mol. The second-order valence-electron chi connectivity index (χ2n) is 5.91.